The molecule has 0 unspecified atom stereocenters. The van der Waals surface area contributed by atoms with Gasteiger partial charge in [0.15, 0.2) is 5.56 Å². The first kappa shape index (κ1) is 29.7. The fraction of sp³-hybridized carbons (Fsp3) is 0.560. The summed E-state index contributed by atoms with van der Waals surface area (Å²) in [4.78, 5) is 28.7. The zero-order valence-electron chi connectivity index (χ0n) is 21.5. The molecular weight excluding hydrogens is 520 g/mol. The molecule has 1 aliphatic rings. The van der Waals surface area contributed by atoms with Crippen molar-refractivity contribution in [1.29, 1.82) is 0 Å². The molecule has 1 aromatic heterocycles. The van der Waals surface area contributed by atoms with E-state index in [9.17, 15) is 23.5 Å². The molecule has 2 heterocycles. The van der Waals surface area contributed by atoms with Crippen molar-refractivity contribution in [3.8, 4) is 5.88 Å². The number of unbranched alkanes of at least 4 members (excludes halogenated alkanes) is 3. The number of nitrogens with one attached hydrogen (secondary N) is 2. The molecule has 0 atom stereocenters. The normalized spacial score (nSPS) is 14.4. The number of aryl methyl sites for hydroxylation is 1. The molecule has 0 saturated carbocycles. The highest BCUT2D eigenvalue weighted by molar-refractivity contribution is 7.11. The smallest absolute Gasteiger partial charge is 0.344 e. The van der Waals surface area contributed by atoms with Crippen LogP contribution in [0, 0.1) is 18.6 Å². The first-order chi connectivity index (χ1) is 18.3. The van der Waals surface area contributed by atoms with Crippen molar-refractivity contribution < 1.29 is 33.3 Å². The lowest BCUT2D eigenvalue weighted by molar-refractivity contribution is 0.0693. The molecule has 0 radical (unpaired) electrons. The van der Waals surface area contributed by atoms with Crippen molar-refractivity contribution in [2.75, 3.05) is 57.7 Å². The number of carbonyl (C=O) groups excluding carboxylic acids is 1. The number of aliphatic hydroxyl groups is 1. The van der Waals surface area contributed by atoms with Gasteiger partial charge in [-0.1, -0.05) is 12.8 Å². The van der Waals surface area contributed by atoms with E-state index in [2.05, 4.69) is 24.8 Å². The molecular formula is C25H35F2N5O5S. The Kier molecular flexibility index (Phi) is 11.6. The number of aromatic carboxylic acids is 1. The summed E-state index contributed by atoms with van der Waals surface area (Å²) in [6.45, 7) is 7.42. The number of rotatable bonds is 14. The van der Waals surface area contributed by atoms with Crippen LogP contribution in [0.2, 0.25) is 0 Å². The Labute approximate surface area is 224 Å². The molecule has 3 rings (SSSR count). The maximum absolute atomic E-state index is 14.1. The number of anilines is 1. The van der Waals surface area contributed by atoms with Gasteiger partial charge in [-0.05, 0) is 55.5 Å². The summed E-state index contributed by atoms with van der Waals surface area (Å²) in [6.07, 6.45) is 3.86. The number of benzene rings is 1. The molecule has 1 aliphatic heterocycles. The van der Waals surface area contributed by atoms with E-state index in [0.29, 0.717) is 23.6 Å². The average molecular weight is 556 g/mol. The van der Waals surface area contributed by atoms with Gasteiger partial charge >= 0.3 is 12.0 Å². The number of ether oxygens (including phenoxy) is 1. The van der Waals surface area contributed by atoms with Crippen LogP contribution in [0.5, 0.6) is 5.88 Å². The second-order valence-corrected chi connectivity index (χ2v) is 9.97. The molecule has 0 aliphatic carbocycles. The summed E-state index contributed by atoms with van der Waals surface area (Å²) in [5, 5.41) is 23.7. The fourth-order valence-corrected chi connectivity index (χ4v) is 4.92. The summed E-state index contributed by atoms with van der Waals surface area (Å²) in [5.41, 5.74) is -0.311. The highest BCUT2D eigenvalue weighted by Crippen LogP contribution is 2.31. The van der Waals surface area contributed by atoms with Gasteiger partial charge in [0.05, 0.1) is 12.2 Å². The number of carboxylic acid groups (broad SMARTS) is 1. The largest absolute Gasteiger partial charge is 0.477 e. The van der Waals surface area contributed by atoms with Crippen molar-refractivity contribution in [3.05, 3.63) is 40.5 Å². The van der Waals surface area contributed by atoms with Crippen molar-refractivity contribution in [2.45, 2.75) is 39.2 Å². The first-order valence-corrected chi connectivity index (χ1v) is 13.5. The molecule has 13 heteroatoms. The number of aliphatic hydroxyl groups excluding tert-OH is 1. The van der Waals surface area contributed by atoms with Crippen molar-refractivity contribution in [3.63, 3.8) is 0 Å². The molecule has 10 nitrogen and oxygen atoms in total. The van der Waals surface area contributed by atoms with Crippen LogP contribution in [0.15, 0.2) is 12.1 Å². The number of β-amino-alcohol motifs (C(OH)–C–C–N with tert-alkyl or cyclic N) is 1. The monoisotopic (exact) mass is 555 g/mol. The Bertz CT molecular complexity index is 1060. The van der Waals surface area contributed by atoms with E-state index in [4.69, 9.17) is 9.84 Å². The Morgan fingerprint density at radius 2 is 1.68 bits per heavy atom. The predicted octanol–water partition coefficient (Wildman–Crippen LogP) is 3.30. The van der Waals surface area contributed by atoms with Gasteiger partial charge in [-0.3, -0.25) is 10.2 Å². The third-order valence-electron chi connectivity index (χ3n) is 6.31. The summed E-state index contributed by atoms with van der Waals surface area (Å²) < 4.78 is 37.3. The lowest BCUT2D eigenvalue weighted by Crippen LogP contribution is -2.47. The number of carbonyl (C=O) groups is 2. The number of hydrogen-bond acceptors (Lipinski definition) is 8. The minimum Gasteiger partial charge on any atom is -0.477 e. The Morgan fingerprint density at radius 1 is 1.05 bits per heavy atom. The summed E-state index contributed by atoms with van der Waals surface area (Å²) in [6, 6.07) is 1.74. The Hall–Kier alpha value is -2.87. The minimum atomic E-state index is -1.39. The van der Waals surface area contributed by atoms with E-state index in [1.165, 1.54) is 0 Å². The number of piperazine rings is 1. The molecule has 210 valence electrons. The predicted molar refractivity (Wildman–Crippen MR) is 140 cm³/mol. The van der Waals surface area contributed by atoms with Crippen LogP contribution in [0.1, 0.15) is 47.2 Å². The number of nitrogens with zero attached hydrogens (tertiary/aromatic N) is 3. The van der Waals surface area contributed by atoms with Gasteiger partial charge in [0, 0.05) is 39.3 Å². The molecule has 38 heavy (non-hydrogen) atoms. The van der Waals surface area contributed by atoms with Crippen LogP contribution >= 0.6 is 11.5 Å². The van der Waals surface area contributed by atoms with Crippen LogP contribution in [-0.4, -0.2) is 88.8 Å². The standard InChI is InChI=1S/C25H35F2N5O5S/c1-17-14-19(26)18(20(27)15-17)16-37-22-21(24(34)35)23(38-30-22)29-25(36)28-6-4-2-3-5-7-31-8-10-32(11-9-31)12-13-33/h14-15,33H,2-13,16H2,1H3,(H,34,35)(H2,28,29,36). The van der Waals surface area contributed by atoms with Gasteiger partial charge < -0.3 is 25.2 Å². The van der Waals surface area contributed by atoms with Gasteiger partial charge in [-0.25, -0.2) is 18.4 Å². The summed E-state index contributed by atoms with van der Waals surface area (Å²) >= 11 is 0.710. The molecule has 0 spiro atoms. The maximum atomic E-state index is 14.1. The zero-order chi connectivity index (χ0) is 27.5. The number of urea groups is 1. The average Bonchev–Trinajstić information content (AvgIpc) is 3.26. The zero-order valence-corrected chi connectivity index (χ0v) is 22.3. The van der Waals surface area contributed by atoms with E-state index in [0.717, 1.165) is 77.1 Å². The Morgan fingerprint density at radius 3 is 2.32 bits per heavy atom. The molecule has 1 fully saturated rings. The van der Waals surface area contributed by atoms with Gasteiger partial charge in [-0.2, -0.15) is 4.37 Å². The topological polar surface area (TPSA) is 127 Å². The third kappa shape index (κ3) is 8.86. The SMILES string of the molecule is Cc1cc(F)c(COc2nsc(NC(=O)NCCCCCCN3CCN(CCO)CC3)c2C(=O)O)c(F)c1. The van der Waals surface area contributed by atoms with Crippen LogP contribution in [0.4, 0.5) is 18.6 Å². The molecule has 2 aromatic rings. The molecule has 1 aromatic carbocycles. The van der Waals surface area contributed by atoms with E-state index in [1.807, 2.05) is 0 Å². The van der Waals surface area contributed by atoms with Gasteiger partial charge in [0.2, 0.25) is 5.88 Å². The van der Waals surface area contributed by atoms with E-state index in [1.54, 1.807) is 6.92 Å². The molecule has 2 amide bonds. The van der Waals surface area contributed by atoms with Crippen LogP contribution in [0.25, 0.3) is 0 Å². The highest BCUT2D eigenvalue weighted by atomic mass is 32.1. The molecule has 1 saturated heterocycles. The van der Waals surface area contributed by atoms with Crippen molar-refractivity contribution in [1.82, 2.24) is 19.5 Å². The van der Waals surface area contributed by atoms with Gasteiger partial charge in [0.25, 0.3) is 0 Å². The second kappa shape index (κ2) is 14.9. The van der Waals surface area contributed by atoms with Crippen LogP contribution < -0.4 is 15.4 Å². The Balaban J connectivity index is 1.36. The number of carboxylic acids is 1. The molecule has 4 N–H and O–H groups in total. The summed E-state index contributed by atoms with van der Waals surface area (Å²) in [5.74, 6) is -3.32. The highest BCUT2D eigenvalue weighted by Gasteiger charge is 2.24. The maximum Gasteiger partial charge on any atom is 0.344 e. The number of hydrogen-bond donors (Lipinski definition) is 4. The minimum absolute atomic E-state index is 0.0334. The molecule has 0 bridgehead atoms. The van der Waals surface area contributed by atoms with E-state index >= 15 is 0 Å². The van der Waals surface area contributed by atoms with Crippen molar-refractivity contribution >= 4 is 28.5 Å². The van der Waals surface area contributed by atoms with Crippen LogP contribution in [-0.2, 0) is 6.61 Å². The third-order valence-corrected chi connectivity index (χ3v) is 7.05. The van der Waals surface area contributed by atoms with Crippen LogP contribution in [0.3, 0.4) is 0 Å². The van der Waals surface area contributed by atoms with Gasteiger partial charge in [-0.15, -0.1) is 0 Å². The lowest BCUT2D eigenvalue weighted by atomic mass is 10.1. The van der Waals surface area contributed by atoms with Gasteiger partial charge in [0.1, 0.15) is 23.2 Å². The first-order valence-electron chi connectivity index (χ1n) is 12.7. The number of aromatic nitrogens is 1. The quantitative estimate of drug-likeness (QED) is 0.262. The number of amides is 2. The van der Waals surface area contributed by atoms with E-state index in [-0.39, 0.29) is 28.6 Å². The summed E-state index contributed by atoms with van der Waals surface area (Å²) in [7, 11) is 0. The van der Waals surface area contributed by atoms with Crippen molar-refractivity contribution in [2.24, 2.45) is 0 Å². The van der Waals surface area contributed by atoms with E-state index < -0.39 is 30.2 Å². The second-order valence-electron chi connectivity index (χ2n) is 9.19. The fourth-order valence-electron chi connectivity index (χ4n) is 4.20. The number of halogens is 2. The lowest BCUT2D eigenvalue weighted by Gasteiger charge is -2.34.